The molecule has 1 amide bonds. The average molecular weight is 646 g/mol. The number of nitrogens with one attached hydrogen (secondary N) is 9. The molecule has 0 aromatic carbocycles. The van der Waals surface area contributed by atoms with E-state index < -0.39 is 5.54 Å². The quantitative estimate of drug-likeness (QED) is 0.0347. The number of rotatable bonds is 16. The van der Waals surface area contributed by atoms with Crippen molar-refractivity contribution in [3.63, 3.8) is 0 Å². The first-order valence-corrected chi connectivity index (χ1v) is 15.8. The van der Waals surface area contributed by atoms with Crippen LogP contribution in [0.3, 0.4) is 0 Å². The fourth-order valence-electron chi connectivity index (χ4n) is 4.76. The second-order valence-electron chi connectivity index (χ2n) is 10.8. The predicted octanol–water partition coefficient (Wildman–Crippen LogP) is -3.74. The van der Waals surface area contributed by atoms with Gasteiger partial charge in [-0.15, -0.1) is 0 Å². The number of methoxy groups -OCH3 is 1. The molecule has 0 saturated carbocycles. The van der Waals surface area contributed by atoms with Gasteiger partial charge in [-0.05, 0) is 12.2 Å². The van der Waals surface area contributed by atoms with E-state index in [1.54, 1.807) is 7.11 Å². The van der Waals surface area contributed by atoms with Gasteiger partial charge in [0.05, 0.1) is 50.7 Å². The molecule has 44 heavy (non-hydrogen) atoms. The minimum Gasteiger partial charge on any atom is -0.444 e. The second-order valence-corrected chi connectivity index (χ2v) is 11.2. The minimum atomic E-state index is -0.494. The molecule has 3 rings (SSSR count). The van der Waals surface area contributed by atoms with Crippen LogP contribution in [0.15, 0.2) is 0 Å². The molecule has 254 valence electrons. The van der Waals surface area contributed by atoms with E-state index in [0.29, 0.717) is 97.0 Å². The highest BCUT2D eigenvalue weighted by atomic mass is 32.1. The van der Waals surface area contributed by atoms with Crippen molar-refractivity contribution in [1.82, 2.24) is 47.9 Å². The maximum Gasteiger partial charge on any atom is 0.222 e. The highest BCUT2D eigenvalue weighted by Crippen LogP contribution is 2.06. The van der Waals surface area contributed by atoms with Gasteiger partial charge in [0.15, 0.2) is 5.11 Å². The second kappa shape index (κ2) is 24.4. The van der Waals surface area contributed by atoms with Gasteiger partial charge >= 0.3 is 0 Å². The van der Waals surface area contributed by atoms with Crippen LogP contribution in [-0.4, -0.2) is 161 Å². The Morgan fingerprint density at radius 1 is 0.705 bits per heavy atom. The number of terminal acetylenes is 1. The number of carbonyl (C=O) groups excluding carboxylic acids is 1. The van der Waals surface area contributed by atoms with Gasteiger partial charge in [0.25, 0.3) is 0 Å². The average Bonchev–Trinajstić information content (AvgIpc) is 3.01. The van der Waals surface area contributed by atoms with Gasteiger partial charge in [0.2, 0.25) is 5.91 Å². The third-order valence-corrected chi connectivity index (χ3v) is 7.27. The summed E-state index contributed by atoms with van der Waals surface area (Å²) in [7, 11) is 1.63. The zero-order chi connectivity index (χ0) is 31.6. The maximum atomic E-state index is 12.9. The first kappa shape index (κ1) is 38.3. The molecular formula is C28H55N9O6S. The van der Waals surface area contributed by atoms with Crippen molar-refractivity contribution >= 4 is 23.2 Å². The molecule has 9 N–H and O–H groups in total. The number of carbonyl (C=O) groups is 1. The van der Waals surface area contributed by atoms with Gasteiger partial charge in [0.1, 0.15) is 19.4 Å². The molecule has 0 aromatic heterocycles. The van der Waals surface area contributed by atoms with Gasteiger partial charge in [-0.25, -0.2) is 0 Å². The fourth-order valence-corrected chi connectivity index (χ4v) is 5.03. The van der Waals surface area contributed by atoms with E-state index in [0.717, 1.165) is 39.3 Å². The Morgan fingerprint density at radius 2 is 1.16 bits per heavy atom. The lowest BCUT2D eigenvalue weighted by Gasteiger charge is -2.39. The number of amides is 1. The molecule has 0 atom stereocenters. The fraction of sp³-hybridized carbons (Fsp3) is 0.857. The number of hydrogen-bond acceptors (Lipinski definition) is 13. The molecule has 0 aliphatic carbocycles. The van der Waals surface area contributed by atoms with Crippen molar-refractivity contribution in [3.8, 4) is 12.5 Å². The molecule has 16 heteroatoms. The normalized spacial score (nSPS) is 23.9. The van der Waals surface area contributed by atoms with Crippen LogP contribution in [0, 0.1) is 12.5 Å². The number of hydrogen-bond donors (Lipinski definition) is 9. The predicted molar refractivity (Wildman–Crippen MR) is 173 cm³/mol. The van der Waals surface area contributed by atoms with Gasteiger partial charge in [-0.2, -0.15) is 0 Å². The molecule has 0 unspecified atom stereocenters. The SMILES string of the molecule is C#COCCOCCOCNC(=S)NC12CNCCNCC(NC(=O)CCOCCOC)(CNCCNC1)CNCCNC2. The Balaban J connectivity index is 1.92. The molecule has 3 heterocycles. The summed E-state index contributed by atoms with van der Waals surface area (Å²) in [6.07, 6.45) is 7.44. The molecular weight excluding hydrogens is 590 g/mol. The Bertz CT molecular complexity index is 779. The largest absolute Gasteiger partial charge is 0.444 e. The monoisotopic (exact) mass is 645 g/mol. The lowest BCUT2D eigenvalue weighted by atomic mass is 9.97. The van der Waals surface area contributed by atoms with E-state index in [-0.39, 0.29) is 18.2 Å². The molecule has 0 aromatic rings. The molecule has 3 saturated heterocycles. The Labute approximate surface area is 268 Å². The van der Waals surface area contributed by atoms with Crippen molar-refractivity contribution < 1.29 is 28.5 Å². The third kappa shape index (κ3) is 17.6. The lowest BCUT2D eigenvalue weighted by molar-refractivity contribution is -0.124. The number of ether oxygens (including phenoxy) is 5. The van der Waals surface area contributed by atoms with E-state index in [1.165, 1.54) is 0 Å². The topological polar surface area (TPSA) is 171 Å². The van der Waals surface area contributed by atoms with Gasteiger partial charge in [-0.3, -0.25) is 4.79 Å². The van der Waals surface area contributed by atoms with Gasteiger partial charge < -0.3 is 71.5 Å². The van der Waals surface area contributed by atoms with Crippen molar-refractivity contribution in [2.45, 2.75) is 17.5 Å². The summed E-state index contributed by atoms with van der Waals surface area (Å²) in [5.41, 5.74) is -0.882. The van der Waals surface area contributed by atoms with Crippen LogP contribution in [0.2, 0.25) is 0 Å². The van der Waals surface area contributed by atoms with Crippen molar-refractivity contribution in [1.29, 1.82) is 0 Å². The standard InChI is InChI=1S/C28H55N9O6S/c1-3-40-14-15-42-16-17-43-24-35-26(44)37-28-21-32-8-5-29-18-27(19-30-6-9-33-22-28,20-31-7-10-34-23-28)36-25(38)4-11-41-13-12-39-2/h1,29-34H,4-24H2,2H3,(H,36,38)(H2,35,37,44). The first-order chi connectivity index (χ1) is 21.5. The summed E-state index contributed by atoms with van der Waals surface area (Å²) >= 11 is 5.64. The molecule has 3 aliphatic heterocycles. The smallest absolute Gasteiger partial charge is 0.222 e. The highest BCUT2D eigenvalue weighted by molar-refractivity contribution is 7.80. The molecule has 0 radical (unpaired) electrons. The van der Waals surface area contributed by atoms with Gasteiger partial charge in [0, 0.05) is 92.1 Å². The van der Waals surface area contributed by atoms with E-state index in [2.05, 4.69) is 54.0 Å². The highest BCUT2D eigenvalue weighted by Gasteiger charge is 2.33. The van der Waals surface area contributed by atoms with Crippen LogP contribution in [0.25, 0.3) is 0 Å². The Morgan fingerprint density at radius 3 is 1.68 bits per heavy atom. The van der Waals surface area contributed by atoms with Crippen LogP contribution in [0.1, 0.15) is 6.42 Å². The number of thiocarbonyl (C=S) groups is 1. The summed E-state index contributed by atoms with van der Waals surface area (Å²) in [4.78, 5) is 12.9. The van der Waals surface area contributed by atoms with Crippen LogP contribution in [-0.2, 0) is 28.5 Å². The van der Waals surface area contributed by atoms with Crippen LogP contribution >= 0.6 is 12.2 Å². The summed E-state index contributed by atoms with van der Waals surface area (Å²) in [6, 6.07) is 0. The molecule has 0 spiro atoms. The molecule has 3 aliphatic rings. The zero-order valence-corrected chi connectivity index (χ0v) is 27.1. The molecule has 2 bridgehead atoms. The van der Waals surface area contributed by atoms with E-state index >= 15 is 0 Å². The van der Waals surface area contributed by atoms with Crippen molar-refractivity contribution in [2.24, 2.45) is 0 Å². The van der Waals surface area contributed by atoms with Gasteiger partial charge in [-0.1, -0.05) is 6.42 Å². The van der Waals surface area contributed by atoms with Crippen LogP contribution in [0.5, 0.6) is 0 Å². The minimum absolute atomic E-state index is 0.0326. The lowest BCUT2D eigenvalue weighted by Crippen LogP contribution is -2.68. The Hall–Kier alpha value is -1.88. The third-order valence-electron chi connectivity index (χ3n) is 7.02. The summed E-state index contributed by atoms with van der Waals surface area (Å²) in [5.74, 6) is -0.0326. The van der Waals surface area contributed by atoms with Crippen LogP contribution < -0.4 is 47.9 Å². The van der Waals surface area contributed by atoms with Crippen LogP contribution in [0.4, 0.5) is 0 Å². The number of fused-ring (bicyclic) bond motifs is 15. The summed E-state index contributed by atoms with van der Waals surface area (Å²) in [6.45, 7) is 11.6. The van der Waals surface area contributed by atoms with E-state index in [1.807, 2.05) is 0 Å². The van der Waals surface area contributed by atoms with Crippen molar-refractivity contribution in [2.75, 3.05) is 139 Å². The molecule has 15 nitrogen and oxygen atoms in total. The molecule has 3 fully saturated rings. The zero-order valence-electron chi connectivity index (χ0n) is 26.3. The van der Waals surface area contributed by atoms with E-state index in [9.17, 15) is 4.79 Å². The first-order valence-electron chi connectivity index (χ1n) is 15.4. The van der Waals surface area contributed by atoms with E-state index in [4.69, 9.17) is 42.3 Å². The summed E-state index contributed by atoms with van der Waals surface area (Å²) < 4.78 is 26.3. The summed E-state index contributed by atoms with van der Waals surface area (Å²) in [5, 5.41) is 31.9. The Kier molecular flexibility index (Phi) is 21.2. The van der Waals surface area contributed by atoms with Crippen molar-refractivity contribution in [3.05, 3.63) is 0 Å². The maximum absolute atomic E-state index is 12.9.